The number of para-hydroxylation sites is 1. The average Bonchev–Trinajstić information content (AvgIpc) is 3.23. The Labute approximate surface area is 212 Å². The van der Waals surface area contributed by atoms with Crippen LogP contribution >= 0.6 is 0 Å². The van der Waals surface area contributed by atoms with Crippen LogP contribution in [0.5, 0.6) is 17.2 Å². The molecule has 0 spiro atoms. The molecule has 6 nitrogen and oxygen atoms in total. The molecule has 5 rings (SSSR count). The maximum atomic E-state index is 13.3. The fourth-order valence-electron chi connectivity index (χ4n) is 4.55. The molecule has 0 aliphatic carbocycles. The first kappa shape index (κ1) is 24.7. The van der Waals surface area contributed by atoms with Gasteiger partial charge < -0.3 is 19.3 Å². The van der Waals surface area contributed by atoms with Crippen molar-refractivity contribution >= 4 is 17.4 Å². The van der Waals surface area contributed by atoms with Crippen molar-refractivity contribution in [2.75, 3.05) is 33.3 Å². The van der Waals surface area contributed by atoms with E-state index in [0.29, 0.717) is 55.4 Å². The minimum atomic E-state index is -4.48. The maximum Gasteiger partial charge on any atom is 0.416 e. The highest BCUT2D eigenvalue weighted by atomic mass is 19.4. The topological polar surface area (TPSA) is 54.4 Å². The molecule has 2 aliphatic heterocycles. The Morgan fingerprint density at radius 2 is 1.76 bits per heavy atom. The second kappa shape index (κ2) is 10.2. The molecule has 1 saturated heterocycles. The Bertz CT molecular complexity index is 1320. The first-order valence-electron chi connectivity index (χ1n) is 12.0. The van der Waals surface area contributed by atoms with E-state index >= 15 is 0 Å². The molecule has 0 atom stereocenters. The number of nitrogens with zero attached hydrogens (tertiary/aromatic N) is 3. The Morgan fingerprint density at radius 3 is 2.51 bits per heavy atom. The van der Waals surface area contributed by atoms with Crippen LogP contribution in [0.15, 0.2) is 71.7 Å². The molecular formula is C28H26F3N3O3. The van der Waals surface area contributed by atoms with Gasteiger partial charge in [-0.05, 0) is 54.4 Å². The SMILES string of the molecule is COc1ccc(CC(=O)N2CCCN(C3=Nc4ccc(C(F)(F)F)cc4Oc4ccccc43)CC2)cc1. The molecule has 0 saturated carbocycles. The summed E-state index contributed by atoms with van der Waals surface area (Å²) < 4.78 is 51.0. The van der Waals surface area contributed by atoms with Crippen LogP contribution in [0.3, 0.4) is 0 Å². The lowest BCUT2D eigenvalue weighted by molar-refractivity contribution is -0.137. The zero-order valence-corrected chi connectivity index (χ0v) is 20.3. The lowest BCUT2D eigenvalue weighted by Gasteiger charge is -2.25. The molecule has 2 heterocycles. The predicted octanol–water partition coefficient (Wildman–Crippen LogP) is 5.68. The van der Waals surface area contributed by atoms with Gasteiger partial charge in [-0.3, -0.25) is 4.79 Å². The maximum absolute atomic E-state index is 13.3. The first-order chi connectivity index (χ1) is 17.8. The summed E-state index contributed by atoms with van der Waals surface area (Å²) in [5.41, 5.74) is 1.16. The molecule has 0 bridgehead atoms. The molecule has 2 aliphatic rings. The van der Waals surface area contributed by atoms with E-state index in [1.807, 2.05) is 41.3 Å². The van der Waals surface area contributed by atoms with Gasteiger partial charge >= 0.3 is 6.18 Å². The van der Waals surface area contributed by atoms with Crippen molar-refractivity contribution in [3.63, 3.8) is 0 Å². The average molecular weight is 510 g/mol. The van der Waals surface area contributed by atoms with Crippen LogP contribution in [-0.4, -0.2) is 54.8 Å². The molecule has 0 radical (unpaired) electrons. The van der Waals surface area contributed by atoms with Crippen molar-refractivity contribution in [2.24, 2.45) is 4.99 Å². The number of ether oxygens (including phenoxy) is 2. The molecular weight excluding hydrogens is 483 g/mol. The summed E-state index contributed by atoms with van der Waals surface area (Å²) in [5, 5.41) is 0. The Balaban J connectivity index is 1.37. The van der Waals surface area contributed by atoms with Crippen LogP contribution in [0.25, 0.3) is 0 Å². The number of carbonyl (C=O) groups is 1. The van der Waals surface area contributed by atoms with E-state index in [9.17, 15) is 18.0 Å². The molecule has 1 fully saturated rings. The van der Waals surface area contributed by atoms with Gasteiger partial charge in [-0.25, -0.2) is 4.99 Å². The van der Waals surface area contributed by atoms with Gasteiger partial charge in [0.1, 0.15) is 23.0 Å². The number of aliphatic imine (C=N–C) groups is 1. The molecule has 0 unspecified atom stereocenters. The number of fused-ring (bicyclic) bond motifs is 2. The summed E-state index contributed by atoms with van der Waals surface area (Å²) in [4.78, 5) is 21.7. The zero-order valence-electron chi connectivity index (χ0n) is 20.3. The molecule has 0 aromatic heterocycles. The third-order valence-corrected chi connectivity index (χ3v) is 6.52. The van der Waals surface area contributed by atoms with Crippen LogP contribution in [-0.2, 0) is 17.4 Å². The van der Waals surface area contributed by atoms with Gasteiger partial charge in [0.05, 0.1) is 24.7 Å². The number of amides is 1. The summed E-state index contributed by atoms with van der Waals surface area (Å²) in [7, 11) is 1.60. The van der Waals surface area contributed by atoms with Gasteiger partial charge in [0.15, 0.2) is 5.75 Å². The summed E-state index contributed by atoms with van der Waals surface area (Å²) in [6.07, 6.45) is -3.45. The Hall–Kier alpha value is -4.01. The molecule has 3 aromatic carbocycles. The minimum Gasteiger partial charge on any atom is -0.497 e. The lowest BCUT2D eigenvalue weighted by Crippen LogP contribution is -2.38. The molecule has 9 heteroatoms. The van der Waals surface area contributed by atoms with Crippen molar-refractivity contribution in [3.8, 4) is 17.2 Å². The monoisotopic (exact) mass is 509 g/mol. The van der Waals surface area contributed by atoms with Crippen molar-refractivity contribution in [2.45, 2.75) is 19.0 Å². The number of hydrogen-bond acceptors (Lipinski definition) is 5. The van der Waals surface area contributed by atoms with Gasteiger partial charge in [0.2, 0.25) is 5.91 Å². The number of alkyl halides is 3. The summed E-state index contributed by atoms with van der Waals surface area (Å²) in [5.74, 6) is 1.91. The van der Waals surface area contributed by atoms with Crippen molar-refractivity contribution in [1.82, 2.24) is 9.80 Å². The molecule has 1 amide bonds. The fourth-order valence-corrected chi connectivity index (χ4v) is 4.55. The standard InChI is InChI=1S/C28H26F3N3O3/c1-36-21-10-7-19(8-11-21)17-26(35)33-13-4-14-34(16-15-33)27-22-5-2-3-6-24(22)37-25-18-20(28(29,30)31)9-12-23(25)32-27/h2-3,5-12,18H,4,13-17H2,1H3. The third kappa shape index (κ3) is 5.40. The lowest BCUT2D eigenvalue weighted by atomic mass is 10.1. The Morgan fingerprint density at radius 1 is 0.973 bits per heavy atom. The van der Waals surface area contributed by atoms with Crippen LogP contribution in [0.4, 0.5) is 18.9 Å². The van der Waals surface area contributed by atoms with Crippen molar-refractivity contribution in [3.05, 3.63) is 83.4 Å². The number of carbonyl (C=O) groups excluding carboxylic acids is 1. The minimum absolute atomic E-state index is 0.0450. The highest BCUT2D eigenvalue weighted by Gasteiger charge is 2.32. The highest BCUT2D eigenvalue weighted by Crippen LogP contribution is 2.41. The van der Waals surface area contributed by atoms with Crippen LogP contribution in [0.1, 0.15) is 23.1 Å². The van der Waals surface area contributed by atoms with Gasteiger partial charge in [-0.1, -0.05) is 24.3 Å². The van der Waals surface area contributed by atoms with E-state index in [-0.39, 0.29) is 11.7 Å². The van der Waals surface area contributed by atoms with Crippen molar-refractivity contribution < 1.29 is 27.4 Å². The number of benzene rings is 3. The second-order valence-corrected chi connectivity index (χ2v) is 8.96. The number of hydrogen-bond donors (Lipinski definition) is 0. The van der Waals surface area contributed by atoms with E-state index in [1.165, 1.54) is 6.07 Å². The van der Waals surface area contributed by atoms with Gasteiger partial charge in [0, 0.05) is 26.2 Å². The van der Waals surface area contributed by atoms with Crippen molar-refractivity contribution in [1.29, 1.82) is 0 Å². The van der Waals surface area contributed by atoms with E-state index in [1.54, 1.807) is 19.2 Å². The molecule has 3 aromatic rings. The first-order valence-corrected chi connectivity index (χ1v) is 12.0. The zero-order chi connectivity index (χ0) is 26.0. The predicted molar refractivity (Wildman–Crippen MR) is 134 cm³/mol. The largest absolute Gasteiger partial charge is 0.497 e. The summed E-state index contributed by atoms with van der Waals surface area (Å²) >= 11 is 0. The van der Waals surface area contributed by atoms with E-state index in [0.717, 1.165) is 29.9 Å². The number of amidine groups is 1. The van der Waals surface area contributed by atoms with E-state index < -0.39 is 11.7 Å². The quantitative estimate of drug-likeness (QED) is 0.456. The smallest absolute Gasteiger partial charge is 0.416 e. The number of rotatable bonds is 3. The molecule has 192 valence electrons. The normalized spacial score (nSPS) is 15.5. The molecule has 37 heavy (non-hydrogen) atoms. The number of halogens is 3. The van der Waals surface area contributed by atoms with Crippen LogP contribution in [0.2, 0.25) is 0 Å². The van der Waals surface area contributed by atoms with E-state index in [4.69, 9.17) is 14.5 Å². The highest BCUT2D eigenvalue weighted by molar-refractivity contribution is 6.03. The summed E-state index contributed by atoms with van der Waals surface area (Å²) in [6.45, 7) is 2.31. The third-order valence-electron chi connectivity index (χ3n) is 6.52. The van der Waals surface area contributed by atoms with Gasteiger partial charge in [0.25, 0.3) is 0 Å². The fraction of sp³-hybridized carbons (Fsp3) is 0.286. The van der Waals surface area contributed by atoms with Gasteiger partial charge in [-0.15, -0.1) is 0 Å². The van der Waals surface area contributed by atoms with E-state index in [2.05, 4.69) is 4.90 Å². The van der Waals surface area contributed by atoms with Crippen LogP contribution < -0.4 is 9.47 Å². The molecule has 0 N–H and O–H groups in total. The summed E-state index contributed by atoms with van der Waals surface area (Å²) in [6, 6.07) is 18.0. The van der Waals surface area contributed by atoms with Gasteiger partial charge in [-0.2, -0.15) is 13.2 Å². The second-order valence-electron chi connectivity index (χ2n) is 8.96. The van der Waals surface area contributed by atoms with Crippen LogP contribution in [0, 0.1) is 0 Å². The Kier molecular flexibility index (Phi) is 6.78. The number of methoxy groups -OCH3 is 1.